The molecule has 1 aromatic rings. The molecule has 0 aliphatic heterocycles. The monoisotopic (exact) mass is 185 g/mol. The lowest BCUT2D eigenvalue weighted by Gasteiger charge is -2.12. The molecular weight excluding hydrogens is 170 g/mol. The smallest absolute Gasteiger partial charge is 0.0414 e. The van der Waals surface area contributed by atoms with Crippen LogP contribution in [0.3, 0.4) is 0 Å². The van der Waals surface area contributed by atoms with Crippen molar-refractivity contribution in [3.8, 4) is 0 Å². The minimum atomic E-state index is 0.915. The van der Waals surface area contributed by atoms with Crippen molar-refractivity contribution >= 4 is 6.08 Å². The predicted octanol–water partition coefficient (Wildman–Crippen LogP) is 3.02. The number of rotatable bonds is 0. The Labute approximate surface area is 84.2 Å². The average molecular weight is 185 g/mol. The number of H-pyrrole nitrogens is 1. The number of aromatic amines is 1. The molecule has 4 rings (SSSR count). The van der Waals surface area contributed by atoms with E-state index in [9.17, 15) is 0 Å². The van der Waals surface area contributed by atoms with E-state index in [1.165, 1.54) is 37.8 Å². The maximum atomic E-state index is 3.66. The van der Waals surface area contributed by atoms with Crippen LogP contribution in [0, 0.1) is 5.92 Å². The van der Waals surface area contributed by atoms with Gasteiger partial charge in [-0.25, -0.2) is 0 Å². The quantitative estimate of drug-likeness (QED) is 0.639. The highest BCUT2D eigenvalue weighted by Crippen LogP contribution is 2.55. The van der Waals surface area contributed by atoms with Gasteiger partial charge in [0.15, 0.2) is 0 Å². The van der Waals surface area contributed by atoms with Crippen LogP contribution in [0.2, 0.25) is 0 Å². The Hall–Kier alpha value is -0.980. The Morgan fingerprint density at radius 3 is 3.21 bits per heavy atom. The summed E-state index contributed by atoms with van der Waals surface area (Å²) in [6.45, 7) is 0. The van der Waals surface area contributed by atoms with E-state index in [1.807, 2.05) is 0 Å². The van der Waals surface area contributed by atoms with Gasteiger partial charge in [-0.3, -0.25) is 0 Å². The van der Waals surface area contributed by atoms with Gasteiger partial charge in [0.05, 0.1) is 0 Å². The Bertz CT molecular complexity index is 425. The third-order valence-corrected chi connectivity index (χ3v) is 4.19. The first-order chi connectivity index (χ1) is 6.93. The van der Waals surface area contributed by atoms with Gasteiger partial charge in [0.1, 0.15) is 0 Å². The molecule has 0 aromatic carbocycles. The lowest BCUT2D eigenvalue weighted by molar-refractivity contribution is 0.658. The molecule has 14 heavy (non-hydrogen) atoms. The Morgan fingerprint density at radius 2 is 2.21 bits per heavy atom. The van der Waals surface area contributed by atoms with Gasteiger partial charge < -0.3 is 4.98 Å². The number of hydrogen-bond donors (Lipinski definition) is 1. The molecule has 1 heteroatoms. The SMILES string of the molecule is C1=Cc2[nH]c3c(c2CC1)CCC1CC31. The summed E-state index contributed by atoms with van der Waals surface area (Å²) in [7, 11) is 0. The fraction of sp³-hybridized carbons (Fsp3) is 0.538. The maximum Gasteiger partial charge on any atom is 0.0414 e. The molecule has 1 aromatic heterocycles. The van der Waals surface area contributed by atoms with Crippen molar-refractivity contribution in [1.29, 1.82) is 0 Å². The summed E-state index contributed by atoms with van der Waals surface area (Å²) < 4.78 is 0. The number of allylic oxidation sites excluding steroid dienone is 1. The third-order valence-electron chi connectivity index (χ3n) is 4.19. The normalized spacial score (nSPS) is 32.0. The lowest BCUT2D eigenvalue weighted by atomic mass is 9.91. The van der Waals surface area contributed by atoms with Crippen molar-refractivity contribution in [3.63, 3.8) is 0 Å². The first-order valence-electron chi connectivity index (χ1n) is 5.83. The third kappa shape index (κ3) is 0.807. The minimum absolute atomic E-state index is 0.915. The van der Waals surface area contributed by atoms with E-state index in [4.69, 9.17) is 0 Å². The van der Waals surface area contributed by atoms with E-state index >= 15 is 0 Å². The zero-order valence-electron chi connectivity index (χ0n) is 8.34. The number of fused-ring (bicyclic) bond motifs is 5. The summed E-state index contributed by atoms with van der Waals surface area (Å²) in [5.41, 5.74) is 6.38. The van der Waals surface area contributed by atoms with Crippen molar-refractivity contribution in [2.24, 2.45) is 5.92 Å². The van der Waals surface area contributed by atoms with E-state index in [-0.39, 0.29) is 0 Å². The van der Waals surface area contributed by atoms with Gasteiger partial charge in [0.2, 0.25) is 0 Å². The zero-order chi connectivity index (χ0) is 9.12. The number of aromatic nitrogens is 1. The van der Waals surface area contributed by atoms with Crippen LogP contribution in [0.4, 0.5) is 0 Å². The van der Waals surface area contributed by atoms with Crippen molar-refractivity contribution in [2.75, 3.05) is 0 Å². The highest BCUT2D eigenvalue weighted by atomic mass is 14.8. The van der Waals surface area contributed by atoms with Gasteiger partial charge >= 0.3 is 0 Å². The van der Waals surface area contributed by atoms with E-state index in [1.54, 1.807) is 16.8 Å². The minimum Gasteiger partial charge on any atom is -0.358 e. The standard InChI is InChI=1S/C13H15N/c1-2-4-12-9(3-1)10-6-5-8-7-11(8)13(10)14-12/h2,4,8,11,14H,1,3,5-7H2. The van der Waals surface area contributed by atoms with Gasteiger partial charge in [0.25, 0.3) is 0 Å². The molecule has 1 fully saturated rings. The van der Waals surface area contributed by atoms with Crippen LogP contribution in [0.15, 0.2) is 6.08 Å². The van der Waals surface area contributed by atoms with Gasteiger partial charge in [0, 0.05) is 17.3 Å². The summed E-state index contributed by atoms with van der Waals surface area (Å²) in [4.78, 5) is 3.66. The van der Waals surface area contributed by atoms with Gasteiger partial charge in [-0.2, -0.15) is 0 Å². The van der Waals surface area contributed by atoms with Crippen LogP contribution in [-0.2, 0) is 12.8 Å². The van der Waals surface area contributed by atoms with Crippen molar-refractivity contribution in [2.45, 2.75) is 38.0 Å². The second-order valence-electron chi connectivity index (χ2n) is 4.99. The average Bonchev–Trinajstić information content (AvgIpc) is 2.92. The first-order valence-corrected chi connectivity index (χ1v) is 5.83. The van der Waals surface area contributed by atoms with Crippen LogP contribution in [-0.4, -0.2) is 4.98 Å². The molecule has 3 aliphatic rings. The van der Waals surface area contributed by atoms with Crippen LogP contribution in [0.25, 0.3) is 6.08 Å². The van der Waals surface area contributed by atoms with E-state index in [0.29, 0.717) is 0 Å². The second-order valence-corrected chi connectivity index (χ2v) is 4.99. The molecule has 0 bridgehead atoms. The Morgan fingerprint density at radius 1 is 1.21 bits per heavy atom. The molecule has 3 aliphatic carbocycles. The van der Waals surface area contributed by atoms with Crippen molar-refractivity contribution in [1.82, 2.24) is 4.98 Å². The summed E-state index contributed by atoms with van der Waals surface area (Å²) in [5, 5.41) is 0. The Kier molecular flexibility index (Phi) is 1.22. The van der Waals surface area contributed by atoms with Crippen LogP contribution in [0.5, 0.6) is 0 Å². The molecule has 0 saturated heterocycles. The number of hydrogen-bond acceptors (Lipinski definition) is 0. The molecule has 0 radical (unpaired) electrons. The fourth-order valence-electron chi connectivity index (χ4n) is 3.33. The van der Waals surface area contributed by atoms with Gasteiger partial charge in [-0.1, -0.05) is 6.08 Å². The topological polar surface area (TPSA) is 15.8 Å². The molecular formula is C13H15N. The van der Waals surface area contributed by atoms with Crippen LogP contribution < -0.4 is 0 Å². The summed E-state index contributed by atoms with van der Waals surface area (Å²) >= 11 is 0. The first kappa shape index (κ1) is 7.33. The van der Waals surface area contributed by atoms with Gasteiger partial charge in [-0.15, -0.1) is 0 Å². The molecule has 0 amide bonds. The molecule has 0 spiro atoms. The highest BCUT2D eigenvalue weighted by molar-refractivity contribution is 5.58. The molecule has 1 heterocycles. The van der Waals surface area contributed by atoms with Gasteiger partial charge in [-0.05, 0) is 55.2 Å². The molecule has 1 N–H and O–H groups in total. The molecule has 1 saturated carbocycles. The van der Waals surface area contributed by atoms with Crippen molar-refractivity contribution < 1.29 is 0 Å². The molecule has 2 atom stereocenters. The second kappa shape index (κ2) is 2.33. The molecule has 1 nitrogen and oxygen atoms in total. The number of nitrogens with one attached hydrogen (secondary N) is 1. The molecule has 72 valence electrons. The highest BCUT2D eigenvalue weighted by Gasteiger charge is 2.44. The maximum absolute atomic E-state index is 3.66. The largest absolute Gasteiger partial charge is 0.358 e. The summed E-state index contributed by atoms with van der Waals surface area (Å²) in [5.74, 6) is 1.95. The van der Waals surface area contributed by atoms with E-state index < -0.39 is 0 Å². The summed E-state index contributed by atoms with van der Waals surface area (Å²) in [6, 6.07) is 0. The lowest BCUT2D eigenvalue weighted by Crippen LogP contribution is -2.02. The van der Waals surface area contributed by atoms with Crippen LogP contribution in [0.1, 0.15) is 47.7 Å². The molecule has 2 unspecified atom stereocenters. The summed E-state index contributed by atoms with van der Waals surface area (Å²) in [6.07, 6.45) is 11.3. The van der Waals surface area contributed by atoms with Crippen molar-refractivity contribution in [3.05, 3.63) is 28.6 Å². The Balaban J connectivity index is 1.93. The van der Waals surface area contributed by atoms with E-state index in [0.717, 1.165) is 11.8 Å². The zero-order valence-corrected chi connectivity index (χ0v) is 8.34. The fourth-order valence-corrected chi connectivity index (χ4v) is 3.33. The van der Waals surface area contributed by atoms with E-state index in [2.05, 4.69) is 17.1 Å². The van der Waals surface area contributed by atoms with Crippen LogP contribution >= 0.6 is 0 Å². The predicted molar refractivity (Wildman–Crippen MR) is 57.3 cm³/mol.